The topological polar surface area (TPSA) is 81.1 Å². The Hall–Kier alpha value is -3.59. The number of nitriles is 1. The molecule has 0 amide bonds. The number of carbonyl (C=O) groups excluding carboxylic acids is 1. The first kappa shape index (κ1) is 22.1. The molecule has 0 aliphatic heterocycles. The van der Waals surface area contributed by atoms with Crippen molar-refractivity contribution < 1.29 is 13.9 Å². The number of esters is 1. The van der Waals surface area contributed by atoms with E-state index in [1.54, 1.807) is 13.0 Å². The van der Waals surface area contributed by atoms with Crippen LogP contribution in [0.15, 0.2) is 46.4 Å². The Morgan fingerprint density at radius 1 is 1.26 bits per heavy atom. The highest BCUT2D eigenvalue weighted by molar-refractivity contribution is 5.98. The molecule has 6 nitrogen and oxygen atoms in total. The van der Waals surface area contributed by atoms with Gasteiger partial charge in [0.2, 0.25) is 5.89 Å². The van der Waals surface area contributed by atoms with E-state index in [0.717, 1.165) is 29.1 Å². The standard InChI is InChI=1S/C25H27N3O3/c1-16(2)14-28-17(3)11-21(18(28)4)12-22(13-26)25(29)30-15-23-19(5)31-24(27-23)20-9-7-6-8-10-20/h6-12,16H,14-15H2,1-5H3/b22-12+. The highest BCUT2D eigenvalue weighted by Crippen LogP contribution is 2.23. The van der Waals surface area contributed by atoms with Gasteiger partial charge in [0.25, 0.3) is 0 Å². The van der Waals surface area contributed by atoms with Gasteiger partial charge >= 0.3 is 5.97 Å². The molecule has 0 atom stereocenters. The number of rotatable bonds is 7. The van der Waals surface area contributed by atoms with Gasteiger partial charge in [0.15, 0.2) is 0 Å². The van der Waals surface area contributed by atoms with Crippen molar-refractivity contribution in [2.24, 2.45) is 5.92 Å². The molecule has 3 rings (SSSR count). The monoisotopic (exact) mass is 417 g/mol. The van der Waals surface area contributed by atoms with E-state index in [1.807, 2.05) is 56.3 Å². The van der Waals surface area contributed by atoms with E-state index >= 15 is 0 Å². The lowest BCUT2D eigenvalue weighted by atomic mass is 10.1. The number of oxazole rings is 1. The number of aryl methyl sites for hydroxylation is 2. The first-order valence-electron chi connectivity index (χ1n) is 10.3. The van der Waals surface area contributed by atoms with E-state index in [-0.39, 0.29) is 12.2 Å². The zero-order chi connectivity index (χ0) is 22.5. The van der Waals surface area contributed by atoms with Gasteiger partial charge in [0.1, 0.15) is 29.7 Å². The number of ether oxygens (including phenoxy) is 1. The Labute approximate surface area is 182 Å². The highest BCUT2D eigenvalue weighted by atomic mass is 16.5. The number of aromatic nitrogens is 2. The van der Waals surface area contributed by atoms with Gasteiger partial charge < -0.3 is 13.7 Å². The SMILES string of the molecule is Cc1oc(-c2ccccc2)nc1COC(=O)/C(C#N)=C/c1cc(C)n(CC(C)C)c1C. The van der Waals surface area contributed by atoms with Gasteiger partial charge in [0, 0.05) is 23.5 Å². The van der Waals surface area contributed by atoms with Gasteiger partial charge in [-0.3, -0.25) is 0 Å². The summed E-state index contributed by atoms with van der Waals surface area (Å²) < 4.78 is 13.3. The van der Waals surface area contributed by atoms with Crippen molar-refractivity contribution >= 4 is 12.0 Å². The van der Waals surface area contributed by atoms with Crippen LogP contribution in [0.3, 0.4) is 0 Å². The third-order valence-electron chi connectivity index (χ3n) is 5.05. The zero-order valence-electron chi connectivity index (χ0n) is 18.6. The molecule has 2 aromatic heterocycles. The molecule has 160 valence electrons. The van der Waals surface area contributed by atoms with Crippen molar-refractivity contribution in [1.29, 1.82) is 5.26 Å². The second kappa shape index (κ2) is 9.48. The lowest BCUT2D eigenvalue weighted by molar-refractivity contribution is -0.139. The van der Waals surface area contributed by atoms with E-state index < -0.39 is 5.97 Å². The molecule has 1 aromatic carbocycles. The fourth-order valence-corrected chi connectivity index (χ4v) is 3.39. The molecule has 0 spiro atoms. The first-order chi connectivity index (χ1) is 14.8. The van der Waals surface area contributed by atoms with E-state index in [9.17, 15) is 10.1 Å². The number of hydrogen-bond acceptors (Lipinski definition) is 5. The van der Waals surface area contributed by atoms with Crippen LogP contribution in [-0.4, -0.2) is 15.5 Å². The lowest BCUT2D eigenvalue weighted by Crippen LogP contribution is -2.08. The molecule has 0 aliphatic carbocycles. The minimum Gasteiger partial charge on any atom is -0.455 e. The van der Waals surface area contributed by atoms with Crippen LogP contribution < -0.4 is 0 Å². The van der Waals surface area contributed by atoms with Crippen LogP contribution in [0.4, 0.5) is 0 Å². The van der Waals surface area contributed by atoms with Gasteiger partial charge in [0.05, 0.1) is 0 Å². The summed E-state index contributed by atoms with van der Waals surface area (Å²) in [7, 11) is 0. The summed E-state index contributed by atoms with van der Waals surface area (Å²) in [5.41, 5.74) is 4.28. The fraction of sp³-hybridized carbons (Fsp3) is 0.320. The Balaban J connectivity index is 1.74. The van der Waals surface area contributed by atoms with Crippen LogP contribution in [-0.2, 0) is 22.7 Å². The molecule has 31 heavy (non-hydrogen) atoms. The lowest BCUT2D eigenvalue weighted by Gasteiger charge is -2.12. The Morgan fingerprint density at radius 3 is 2.61 bits per heavy atom. The maximum atomic E-state index is 12.5. The predicted molar refractivity (Wildman–Crippen MR) is 119 cm³/mol. The average Bonchev–Trinajstić information content (AvgIpc) is 3.24. The predicted octanol–water partition coefficient (Wildman–Crippen LogP) is 5.37. The quantitative estimate of drug-likeness (QED) is 0.293. The smallest absolute Gasteiger partial charge is 0.349 e. The van der Waals surface area contributed by atoms with Gasteiger partial charge in [-0.2, -0.15) is 5.26 Å². The van der Waals surface area contributed by atoms with Crippen molar-refractivity contribution in [1.82, 2.24) is 9.55 Å². The molecule has 6 heteroatoms. The molecule has 0 radical (unpaired) electrons. The molecule has 0 saturated heterocycles. The minimum absolute atomic E-state index is 0.0470. The second-order valence-electron chi connectivity index (χ2n) is 7.96. The largest absolute Gasteiger partial charge is 0.455 e. The normalized spacial score (nSPS) is 11.6. The summed E-state index contributed by atoms with van der Waals surface area (Å²) >= 11 is 0. The van der Waals surface area contributed by atoms with Crippen LogP contribution in [0.5, 0.6) is 0 Å². The third-order valence-corrected chi connectivity index (χ3v) is 5.05. The average molecular weight is 418 g/mol. The zero-order valence-corrected chi connectivity index (χ0v) is 18.6. The first-order valence-corrected chi connectivity index (χ1v) is 10.3. The van der Waals surface area contributed by atoms with Crippen LogP contribution in [0.2, 0.25) is 0 Å². The maximum absolute atomic E-state index is 12.5. The number of hydrogen-bond donors (Lipinski definition) is 0. The van der Waals surface area contributed by atoms with E-state index in [0.29, 0.717) is 23.3 Å². The number of benzene rings is 1. The second-order valence-corrected chi connectivity index (χ2v) is 7.96. The van der Waals surface area contributed by atoms with E-state index in [2.05, 4.69) is 23.4 Å². The van der Waals surface area contributed by atoms with Gasteiger partial charge in [-0.15, -0.1) is 0 Å². The molecule has 0 unspecified atom stereocenters. The van der Waals surface area contributed by atoms with Crippen LogP contribution in [0, 0.1) is 38.0 Å². The van der Waals surface area contributed by atoms with Crippen molar-refractivity contribution in [3.05, 3.63) is 70.4 Å². The summed E-state index contributed by atoms with van der Waals surface area (Å²) in [5, 5.41) is 9.51. The third kappa shape index (κ3) is 5.13. The highest BCUT2D eigenvalue weighted by Gasteiger charge is 2.17. The fourth-order valence-electron chi connectivity index (χ4n) is 3.39. The molecular weight excluding hydrogens is 390 g/mol. The molecular formula is C25H27N3O3. The Kier molecular flexibility index (Phi) is 6.76. The molecule has 0 fully saturated rings. The number of carbonyl (C=O) groups is 1. The van der Waals surface area contributed by atoms with Gasteiger partial charge in [-0.1, -0.05) is 32.0 Å². The summed E-state index contributed by atoms with van der Waals surface area (Å²) in [4.78, 5) is 17.0. The summed E-state index contributed by atoms with van der Waals surface area (Å²) in [5.74, 6) is 0.859. The Morgan fingerprint density at radius 2 is 1.97 bits per heavy atom. The van der Waals surface area contributed by atoms with Crippen molar-refractivity contribution in [2.75, 3.05) is 0 Å². The number of nitrogens with zero attached hydrogens (tertiary/aromatic N) is 3. The Bertz CT molecular complexity index is 1140. The molecule has 0 bridgehead atoms. The summed E-state index contributed by atoms with van der Waals surface area (Å²) in [6.45, 7) is 10.9. The van der Waals surface area contributed by atoms with Gasteiger partial charge in [-0.05, 0) is 56.5 Å². The maximum Gasteiger partial charge on any atom is 0.349 e. The molecule has 2 heterocycles. The molecule has 0 saturated carbocycles. The molecule has 3 aromatic rings. The van der Waals surface area contributed by atoms with Crippen molar-refractivity contribution in [3.8, 4) is 17.5 Å². The van der Waals surface area contributed by atoms with Crippen molar-refractivity contribution in [2.45, 2.75) is 47.8 Å². The van der Waals surface area contributed by atoms with Crippen LogP contribution >= 0.6 is 0 Å². The summed E-state index contributed by atoms with van der Waals surface area (Å²) in [6.07, 6.45) is 1.59. The van der Waals surface area contributed by atoms with Crippen molar-refractivity contribution in [3.63, 3.8) is 0 Å². The van der Waals surface area contributed by atoms with Crippen LogP contribution in [0.1, 0.15) is 42.3 Å². The van der Waals surface area contributed by atoms with Gasteiger partial charge in [-0.25, -0.2) is 9.78 Å². The van der Waals surface area contributed by atoms with E-state index in [1.165, 1.54) is 0 Å². The minimum atomic E-state index is -0.681. The molecule has 0 aliphatic rings. The van der Waals surface area contributed by atoms with Crippen LogP contribution in [0.25, 0.3) is 17.5 Å². The summed E-state index contributed by atoms with van der Waals surface area (Å²) in [6, 6.07) is 13.5. The molecule has 0 N–H and O–H groups in total. The van der Waals surface area contributed by atoms with E-state index in [4.69, 9.17) is 9.15 Å².